The molecule has 41 heavy (non-hydrogen) atoms. The molecule has 224 valence electrons. The molecule has 8 heteroatoms. The van der Waals surface area contributed by atoms with Gasteiger partial charge in [-0.1, -0.05) is 62.9 Å². The molecule has 2 aliphatic heterocycles. The number of hydrogen-bond acceptors (Lipinski definition) is 5. The molecule has 7 nitrogen and oxygen atoms in total. The molecule has 2 aromatic carbocycles. The molecular formula is C33H46ClN3O4. The predicted molar refractivity (Wildman–Crippen MR) is 163 cm³/mol. The van der Waals surface area contributed by atoms with E-state index in [1.54, 1.807) is 0 Å². The fourth-order valence-electron chi connectivity index (χ4n) is 6.76. The summed E-state index contributed by atoms with van der Waals surface area (Å²) in [5.41, 5.74) is 1.23. The Morgan fingerprint density at radius 1 is 0.927 bits per heavy atom. The second-order valence-corrected chi connectivity index (χ2v) is 11.9. The largest absolute Gasteiger partial charge is 0.457 e. The van der Waals surface area contributed by atoms with Crippen LogP contribution in [-0.2, 0) is 16.1 Å². The number of piperidine rings is 1. The van der Waals surface area contributed by atoms with Crippen LogP contribution in [-0.4, -0.2) is 64.5 Å². The minimum Gasteiger partial charge on any atom is -0.457 e. The molecule has 5 rings (SSSR count). The number of nitrogens with zero attached hydrogens (tertiary/aromatic N) is 2. The maximum Gasteiger partial charge on any atom is 0.248 e. The summed E-state index contributed by atoms with van der Waals surface area (Å²) >= 11 is 0. The molecule has 0 spiro atoms. The fraction of sp³-hybridized carbons (Fsp3) is 0.576. The highest BCUT2D eigenvalue weighted by atomic mass is 35.5. The second-order valence-electron chi connectivity index (χ2n) is 11.9. The van der Waals surface area contributed by atoms with Crippen LogP contribution in [0.1, 0.15) is 70.3 Å². The molecule has 1 unspecified atom stereocenters. The maximum atomic E-state index is 13.7. The highest BCUT2D eigenvalue weighted by molar-refractivity contribution is 5.97. The van der Waals surface area contributed by atoms with Crippen LogP contribution in [0.25, 0.3) is 0 Å². The van der Waals surface area contributed by atoms with Gasteiger partial charge in [0.2, 0.25) is 11.8 Å². The monoisotopic (exact) mass is 583 g/mol. The number of nitrogens with one attached hydrogen (secondary N) is 1. The van der Waals surface area contributed by atoms with Crippen LogP contribution >= 0.6 is 12.4 Å². The van der Waals surface area contributed by atoms with Crippen LogP contribution in [0.15, 0.2) is 54.6 Å². The van der Waals surface area contributed by atoms with Gasteiger partial charge in [-0.15, -0.1) is 12.4 Å². The molecule has 3 atom stereocenters. The number of aliphatic hydroxyl groups excluding tert-OH is 1. The molecule has 3 fully saturated rings. The first-order valence-electron chi connectivity index (χ1n) is 15.4. The molecule has 2 N–H and O–H groups in total. The minimum atomic E-state index is -0.808. The minimum absolute atomic E-state index is 0. The highest BCUT2D eigenvalue weighted by Gasteiger charge is 2.48. The van der Waals surface area contributed by atoms with Crippen LogP contribution in [0.5, 0.6) is 11.5 Å². The van der Waals surface area contributed by atoms with E-state index >= 15 is 0 Å². The van der Waals surface area contributed by atoms with Gasteiger partial charge in [-0.2, -0.15) is 0 Å². The first kappa shape index (κ1) is 31.3. The fourth-order valence-corrected chi connectivity index (χ4v) is 6.76. The van der Waals surface area contributed by atoms with E-state index in [0.717, 1.165) is 82.5 Å². The van der Waals surface area contributed by atoms with Crippen LogP contribution in [0.2, 0.25) is 0 Å². The summed E-state index contributed by atoms with van der Waals surface area (Å²) in [4.78, 5) is 31.5. The van der Waals surface area contributed by atoms with E-state index in [1.807, 2.05) is 47.4 Å². The van der Waals surface area contributed by atoms with Crippen molar-refractivity contribution < 1.29 is 19.4 Å². The van der Waals surface area contributed by atoms with Gasteiger partial charge >= 0.3 is 0 Å². The topological polar surface area (TPSA) is 82.1 Å². The summed E-state index contributed by atoms with van der Waals surface area (Å²) in [6.07, 6.45) is 8.00. The number of aliphatic hydroxyl groups is 1. The number of amides is 2. The number of carbonyl (C=O) groups is 2. The highest BCUT2D eigenvalue weighted by Crippen LogP contribution is 2.32. The number of rotatable bonds is 10. The Morgan fingerprint density at radius 3 is 2.24 bits per heavy atom. The lowest BCUT2D eigenvalue weighted by molar-refractivity contribution is -0.157. The third-order valence-electron chi connectivity index (χ3n) is 9.07. The summed E-state index contributed by atoms with van der Waals surface area (Å²) in [6.45, 7) is 5.32. The van der Waals surface area contributed by atoms with Gasteiger partial charge in [-0.25, -0.2) is 0 Å². The third-order valence-corrected chi connectivity index (χ3v) is 9.07. The number of piperazine rings is 1. The van der Waals surface area contributed by atoms with Crippen molar-refractivity contribution >= 4 is 24.2 Å². The first-order chi connectivity index (χ1) is 19.5. The molecule has 2 heterocycles. The van der Waals surface area contributed by atoms with E-state index < -0.39 is 18.2 Å². The number of likely N-dealkylation sites (tertiary alicyclic amines) is 1. The molecule has 2 amide bonds. The molecule has 1 saturated carbocycles. The van der Waals surface area contributed by atoms with Gasteiger partial charge in [0.05, 0.1) is 6.10 Å². The zero-order chi connectivity index (χ0) is 27.9. The van der Waals surface area contributed by atoms with Gasteiger partial charge in [0.1, 0.15) is 23.6 Å². The number of ether oxygens (including phenoxy) is 1. The Bertz CT molecular complexity index is 1100. The number of benzene rings is 2. The Kier molecular flexibility index (Phi) is 11.5. The lowest BCUT2D eigenvalue weighted by Crippen LogP contribution is -2.69. The summed E-state index contributed by atoms with van der Waals surface area (Å²) in [7, 11) is 0. The summed E-state index contributed by atoms with van der Waals surface area (Å²) < 4.78 is 5.92. The molecule has 3 aliphatic rings. The van der Waals surface area contributed by atoms with Gasteiger partial charge in [0, 0.05) is 13.1 Å². The van der Waals surface area contributed by atoms with Crippen molar-refractivity contribution in [1.29, 1.82) is 0 Å². The van der Waals surface area contributed by atoms with Crippen molar-refractivity contribution in [2.45, 2.75) is 89.4 Å². The van der Waals surface area contributed by atoms with Crippen molar-refractivity contribution in [2.24, 2.45) is 11.8 Å². The van der Waals surface area contributed by atoms with Crippen molar-refractivity contribution in [1.82, 2.24) is 15.1 Å². The smallest absolute Gasteiger partial charge is 0.248 e. The SMILES string of the molecule is CCCCN1C(=O)[C@@H]([C@H](O)C2CCCCC2)NC(=O)C1C1CCN(Cc2ccc(Oc3ccccc3)cc2)CC1.Cl. The Balaban J connectivity index is 0.00000387. The summed E-state index contributed by atoms with van der Waals surface area (Å²) in [5.74, 6) is 1.70. The van der Waals surface area contributed by atoms with Crippen molar-refractivity contribution in [3.05, 3.63) is 60.2 Å². The predicted octanol–water partition coefficient (Wildman–Crippen LogP) is 5.55. The molecular weight excluding hydrogens is 538 g/mol. The Hall–Kier alpha value is -2.61. The normalized spacial score (nSPS) is 23.5. The van der Waals surface area contributed by atoms with Gasteiger partial charge in [0.15, 0.2) is 0 Å². The standard InChI is InChI=1S/C33H45N3O4.ClH/c1-2-3-20-36-30(32(38)34-29(33(36)39)31(37)26-10-6-4-7-11-26)25-18-21-35(22-19-25)23-24-14-16-28(17-15-24)40-27-12-8-5-9-13-27;/h5,8-9,12-17,25-26,29-31,37H,2-4,6-7,10-11,18-23H2,1H3,(H,34,38);1H/t29-,30?,31-;/m1./s1. The molecule has 2 aromatic rings. The average molecular weight is 584 g/mol. The zero-order valence-corrected chi connectivity index (χ0v) is 25.1. The Morgan fingerprint density at radius 2 is 1.59 bits per heavy atom. The number of carbonyl (C=O) groups excluding carboxylic acids is 2. The molecule has 1 aliphatic carbocycles. The first-order valence-corrected chi connectivity index (χ1v) is 15.4. The molecule has 0 aromatic heterocycles. The van der Waals surface area contributed by atoms with E-state index in [1.165, 1.54) is 12.0 Å². The Labute approximate surface area is 251 Å². The van der Waals surface area contributed by atoms with Crippen molar-refractivity contribution in [2.75, 3.05) is 19.6 Å². The van der Waals surface area contributed by atoms with E-state index in [2.05, 4.69) is 29.3 Å². The maximum absolute atomic E-state index is 13.7. The van der Waals surface area contributed by atoms with Gasteiger partial charge in [-0.05, 0) is 86.9 Å². The molecule has 0 bridgehead atoms. The number of para-hydroxylation sites is 1. The molecule has 0 radical (unpaired) electrons. The van der Waals surface area contributed by atoms with Crippen molar-refractivity contribution in [3.8, 4) is 11.5 Å². The van der Waals surface area contributed by atoms with E-state index in [9.17, 15) is 14.7 Å². The summed E-state index contributed by atoms with van der Waals surface area (Å²) in [6, 6.07) is 16.8. The van der Waals surface area contributed by atoms with E-state index in [0.29, 0.717) is 6.54 Å². The van der Waals surface area contributed by atoms with Gasteiger partial charge in [-0.3, -0.25) is 14.5 Å². The van der Waals surface area contributed by atoms with Gasteiger partial charge in [0.25, 0.3) is 0 Å². The number of hydrogen-bond donors (Lipinski definition) is 2. The van der Waals surface area contributed by atoms with Crippen molar-refractivity contribution in [3.63, 3.8) is 0 Å². The van der Waals surface area contributed by atoms with E-state index in [4.69, 9.17) is 4.74 Å². The van der Waals surface area contributed by atoms with Crippen LogP contribution < -0.4 is 10.1 Å². The molecule has 2 saturated heterocycles. The van der Waals surface area contributed by atoms with Crippen LogP contribution in [0, 0.1) is 11.8 Å². The lowest BCUT2D eigenvalue weighted by atomic mass is 9.80. The van der Waals surface area contributed by atoms with Gasteiger partial charge < -0.3 is 20.1 Å². The quantitative estimate of drug-likeness (QED) is 0.383. The number of halogens is 1. The second kappa shape index (κ2) is 15.0. The number of unbranched alkanes of at least 4 members (excludes halogenated alkanes) is 1. The van der Waals surface area contributed by atoms with Crippen LogP contribution in [0.4, 0.5) is 0 Å². The zero-order valence-electron chi connectivity index (χ0n) is 24.2. The van der Waals surface area contributed by atoms with Crippen LogP contribution in [0.3, 0.4) is 0 Å². The average Bonchev–Trinajstić information content (AvgIpc) is 2.99. The third kappa shape index (κ3) is 7.82. The lowest BCUT2D eigenvalue weighted by Gasteiger charge is -2.46. The van der Waals surface area contributed by atoms with E-state index in [-0.39, 0.29) is 36.1 Å². The summed E-state index contributed by atoms with van der Waals surface area (Å²) in [5, 5.41) is 14.1.